The van der Waals surface area contributed by atoms with Gasteiger partial charge in [0.25, 0.3) is 15.9 Å². The minimum atomic E-state index is -3.99. The van der Waals surface area contributed by atoms with E-state index >= 15 is 0 Å². The van der Waals surface area contributed by atoms with Crippen LogP contribution in [0.3, 0.4) is 0 Å². The van der Waals surface area contributed by atoms with E-state index in [-0.39, 0.29) is 35.8 Å². The number of aliphatic carboxylic acids is 1. The quantitative estimate of drug-likeness (QED) is 0.0724. The number of rotatable bonds is 23. The van der Waals surface area contributed by atoms with Crippen LogP contribution >= 0.6 is 0 Å². The van der Waals surface area contributed by atoms with Crippen molar-refractivity contribution >= 4 is 33.8 Å². The van der Waals surface area contributed by atoms with E-state index in [4.69, 9.17) is 9.84 Å². The number of carboxylic acid groups (broad SMARTS) is 1. The maximum Gasteiger partial charge on any atom is 0.307 e. The third kappa shape index (κ3) is 14.5. The zero-order chi connectivity index (χ0) is 34.6. The summed E-state index contributed by atoms with van der Waals surface area (Å²) in [6.07, 6.45) is 16.4. The van der Waals surface area contributed by atoms with E-state index in [0.29, 0.717) is 11.5 Å². The van der Waals surface area contributed by atoms with Crippen molar-refractivity contribution in [2.45, 2.75) is 94.8 Å². The highest BCUT2D eigenvalue weighted by molar-refractivity contribution is 7.92. The molecule has 0 saturated carbocycles. The first-order valence-electron chi connectivity index (χ1n) is 16.4. The standard InChI is InChI=1S/C35H46N4O8S/c1-46-33(42)23-24-36-34(43)28-25-37-35(38-26-28)39-48(44,45)31-21-19-30(20-22-31)47-29-17-15-27(16-18-29)13-11-9-7-5-3-2-4-6-8-10-12-14-32(40)41/h15-22,25-26H,2-14,23-24H2,1H3,(H,36,43)(H,40,41)(H,37,38,39). The van der Waals surface area contributed by atoms with Gasteiger partial charge in [0.05, 0.1) is 24.0 Å². The molecule has 48 heavy (non-hydrogen) atoms. The van der Waals surface area contributed by atoms with Crippen LogP contribution in [-0.4, -0.2) is 55.0 Å². The lowest BCUT2D eigenvalue weighted by atomic mass is 10.0. The van der Waals surface area contributed by atoms with Gasteiger partial charge in [0.2, 0.25) is 5.95 Å². The van der Waals surface area contributed by atoms with E-state index in [2.05, 4.69) is 24.7 Å². The van der Waals surface area contributed by atoms with E-state index in [9.17, 15) is 22.8 Å². The third-order valence-electron chi connectivity index (χ3n) is 7.63. The summed E-state index contributed by atoms with van der Waals surface area (Å²) in [7, 11) is -2.73. The number of carboxylic acids is 1. The maximum absolute atomic E-state index is 12.8. The number of aromatic nitrogens is 2. The highest BCUT2D eigenvalue weighted by Gasteiger charge is 2.17. The van der Waals surface area contributed by atoms with Gasteiger partial charge in [-0.3, -0.25) is 14.4 Å². The number of sulfonamides is 1. The smallest absolute Gasteiger partial charge is 0.307 e. The molecule has 0 aliphatic carbocycles. The van der Waals surface area contributed by atoms with E-state index in [1.165, 1.54) is 82.1 Å². The Morgan fingerprint density at radius 2 is 1.25 bits per heavy atom. The molecule has 2 aromatic carbocycles. The molecule has 0 atom stereocenters. The first kappa shape index (κ1) is 37.9. The molecule has 1 amide bonds. The number of aryl methyl sites for hydroxylation is 1. The highest BCUT2D eigenvalue weighted by atomic mass is 32.2. The number of hydrogen-bond acceptors (Lipinski definition) is 9. The van der Waals surface area contributed by atoms with Gasteiger partial charge in [-0.2, -0.15) is 0 Å². The molecule has 0 aliphatic rings. The van der Waals surface area contributed by atoms with Gasteiger partial charge in [0.15, 0.2) is 0 Å². The third-order valence-corrected chi connectivity index (χ3v) is 8.98. The summed E-state index contributed by atoms with van der Waals surface area (Å²) in [6.45, 7) is 0.0789. The number of esters is 1. The second-order valence-electron chi connectivity index (χ2n) is 11.5. The summed E-state index contributed by atoms with van der Waals surface area (Å²) in [4.78, 5) is 41.6. The first-order valence-corrected chi connectivity index (χ1v) is 17.9. The molecule has 0 radical (unpaired) electrons. The Kier molecular flexibility index (Phi) is 16.3. The van der Waals surface area contributed by atoms with E-state index in [0.717, 1.165) is 32.1 Å². The van der Waals surface area contributed by atoms with Crippen molar-refractivity contribution in [1.29, 1.82) is 0 Å². The molecule has 0 unspecified atom stereocenters. The summed E-state index contributed by atoms with van der Waals surface area (Å²) in [5, 5.41) is 11.2. The van der Waals surface area contributed by atoms with Gasteiger partial charge < -0.3 is 19.9 Å². The summed E-state index contributed by atoms with van der Waals surface area (Å²) >= 11 is 0. The van der Waals surface area contributed by atoms with Crippen LogP contribution in [0, 0.1) is 0 Å². The molecule has 13 heteroatoms. The van der Waals surface area contributed by atoms with Gasteiger partial charge in [-0.25, -0.2) is 23.1 Å². The average Bonchev–Trinajstić information content (AvgIpc) is 3.07. The largest absolute Gasteiger partial charge is 0.481 e. The summed E-state index contributed by atoms with van der Waals surface area (Å²) in [5.74, 6) is -0.727. The van der Waals surface area contributed by atoms with Gasteiger partial charge in [-0.05, 0) is 61.2 Å². The molecule has 1 heterocycles. The van der Waals surface area contributed by atoms with Crippen molar-refractivity contribution in [3.05, 3.63) is 72.1 Å². The summed E-state index contributed by atoms with van der Waals surface area (Å²) in [5.41, 5.74) is 1.35. The first-order chi connectivity index (χ1) is 23.2. The Bertz CT molecular complexity index is 1530. The Hall–Kier alpha value is -4.52. The molecule has 0 bridgehead atoms. The van der Waals surface area contributed by atoms with Crippen LogP contribution in [0.5, 0.6) is 11.5 Å². The zero-order valence-corrected chi connectivity index (χ0v) is 28.3. The molecular weight excluding hydrogens is 636 g/mol. The minimum absolute atomic E-state index is 0.0107. The van der Waals surface area contributed by atoms with Crippen LogP contribution in [0.2, 0.25) is 0 Å². The van der Waals surface area contributed by atoms with Crippen LogP contribution < -0.4 is 14.8 Å². The molecule has 3 rings (SSSR count). The van der Waals surface area contributed by atoms with Crippen molar-refractivity contribution in [2.24, 2.45) is 0 Å². The zero-order valence-electron chi connectivity index (χ0n) is 27.5. The van der Waals surface area contributed by atoms with Crippen LogP contribution in [-0.2, 0) is 30.8 Å². The van der Waals surface area contributed by atoms with Crippen molar-refractivity contribution in [3.63, 3.8) is 0 Å². The van der Waals surface area contributed by atoms with Gasteiger partial charge in [0, 0.05) is 25.4 Å². The molecule has 3 N–H and O–H groups in total. The number of amides is 1. The SMILES string of the molecule is COC(=O)CCNC(=O)c1cnc(NS(=O)(=O)c2ccc(Oc3ccc(CCCCCCCCCCCCCC(=O)O)cc3)cc2)nc1. The second kappa shape index (κ2) is 20.7. The van der Waals surface area contributed by atoms with Gasteiger partial charge in [-0.1, -0.05) is 69.9 Å². The van der Waals surface area contributed by atoms with Crippen LogP contribution in [0.4, 0.5) is 5.95 Å². The molecule has 260 valence electrons. The molecule has 0 spiro atoms. The van der Waals surface area contributed by atoms with Crippen molar-refractivity contribution < 1.29 is 37.4 Å². The number of benzene rings is 2. The molecule has 0 fully saturated rings. The molecule has 0 aliphatic heterocycles. The number of carbonyl (C=O) groups excluding carboxylic acids is 2. The Morgan fingerprint density at radius 3 is 1.79 bits per heavy atom. The summed E-state index contributed by atoms with van der Waals surface area (Å²) in [6, 6.07) is 13.9. The van der Waals surface area contributed by atoms with Gasteiger partial charge >= 0.3 is 11.9 Å². The number of anilines is 1. The molecule has 12 nitrogen and oxygen atoms in total. The molecule has 0 saturated heterocycles. The number of nitrogens with one attached hydrogen (secondary N) is 2. The number of methoxy groups -OCH3 is 1. The van der Waals surface area contributed by atoms with Crippen LogP contribution in [0.1, 0.15) is 99.4 Å². The number of ether oxygens (including phenoxy) is 2. The molecule has 1 aromatic heterocycles. The lowest BCUT2D eigenvalue weighted by Gasteiger charge is -2.10. The normalized spacial score (nSPS) is 11.1. The monoisotopic (exact) mass is 682 g/mol. The Labute approximate surface area is 282 Å². The lowest BCUT2D eigenvalue weighted by Crippen LogP contribution is -2.26. The Balaban J connectivity index is 1.33. The van der Waals surface area contributed by atoms with Crippen LogP contribution in [0.25, 0.3) is 0 Å². The second-order valence-corrected chi connectivity index (χ2v) is 13.2. The maximum atomic E-state index is 12.8. The number of nitrogens with zero attached hydrogens (tertiary/aromatic N) is 2. The summed E-state index contributed by atoms with van der Waals surface area (Å²) < 4.78 is 38.4. The molecule has 3 aromatic rings. The van der Waals surface area contributed by atoms with Gasteiger partial charge in [0.1, 0.15) is 11.5 Å². The highest BCUT2D eigenvalue weighted by Crippen LogP contribution is 2.24. The van der Waals surface area contributed by atoms with Gasteiger partial charge in [-0.15, -0.1) is 0 Å². The lowest BCUT2D eigenvalue weighted by molar-refractivity contribution is -0.140. The van der Waals surface area contributed by atoms with Crippen molar-refractivity contribution in [1.82, 2.24) is 15.3 Å². The average molecular weight is 683 g/mol. The minimum Gasteiger partial charge on any atom is -0.481 e. The molecular formula is C35H46N4O8S. The Morgan fingerprint density at radius 1 is 0.729 bits per heavy atom. The predicted octanol–water partition coefficient (Wildman–Crippen LogP) is 6.67. The number of carbonyl (C=O) groups is 3. The van der Waals surface area contributed by atoms with E-state index < -0.39 is 27.9 Å². The fourth-order valence-electron chi connectivity index (χ4n) is 4.90. The fourth-order valence-corrected chi connectivity index (χ4v) is 5.86. The number of unbranched alkanes of at least 4 members (excludes halogenated alkanes) is 10. The number of hydrogen-bond donors (Lipinski definition) is 3. The predicted molar refractivity (Wildman–Crippen MR) is 182 cm³/mol. The van der Waals surface area contributed by atoms with E-state index in [1.54, 1.807) is 12.1 Å². The topological polar surface area (TPSA) is 174 Å². The van der Waals surface area contributed by atoms with Crippen molar-refractivity contribution in [2.75, 3.05) is 18.4 Å². The fraction of sp³-hybridized carbons (Fsp3) is 0.457. The van der Waals surface area contributed by atoms with Crippen molar-refractivity contribution in [3.8, 4) is 11.5 Å². The van der Waals surface area contributed by atoms with E-state index in [1.807, 2.05) is 24.3 Å². The van der Waals surface area contributed by atoms with Crippen LogP contribution in [0.15, 0.2) is 65.8 Å².